The van der Waals surface area contributed by atoms with E-state index in [0.717, 1.165) is 6.42 Å². The van der Waals surface area contributed by atoms with Gasteiger partial charge >= 0.3 is 0 Å². The summed E-state index contributed by atoms with van der Waals surface area (Å²) in [5.41, 5.74) is -0.708. The van der Waals surface area contributed by atoms with Crippen LogP contribution in [-0.4, -0.2) is 18.0 Å². The molecule has 0 aliphatic carbocycles. The van der Waals surface area contributed by atoms with E-state index in [9.17, 15) is 8.78 Å². The zero-order valence-corrected chi connectivity index (χ0v) is 9.00. The van der Waals surface area contributed by atoms with Crippen LogP contribution in [0.25, 0.3) is 0 Å². The molecule has 84 valence electrons. The number of hydrogen-bond acceptors (Lipinski definition) is 2. The van der Waals surface area contributed by atoms with Crippen LogP contribution >= 0.6 is 0 Å². The van der Waals surface area contributed by atoms with Crippen LogP contribution in [0, 0.1) is 0 Å². The van der Waals surface area contributed by atoms with Gasteiger partial charge in [-0.2, -0.15) is 0 Å². The van der Waals surface area contributed by atoms with Crippen molar-refractivity contribution >= 4 is 0 Å². The van der Waals surface area contributed by atoms with E-state index in [1.54, 1.807) is 12.1 Å². The summed E-state index contributed by atoms with van der Waals surface area (Å²) in [6.45, 7) is 4.04. The Hall–Kier alpha value is -1.03. The van der Waals surface area contributed by atoms with Crippen molar-refractivity contribution in [2.24, 2.45) is 0 Å². The van der Waals surface area contributed by atoms with Gasteiger partial charge in [-0.1, -0.05) is 6.92 Å². The lowest BCUT2D eigenvalue weighted by atomic mass is 9.93. The van der Waals surface area contributed by atoms with E-state index < -0.39 is 12.0 Å². The molecular formula is C11H16F2N2. The molecule has 0 radical (unpaired) electrons. The molecule has 0 bridgehead atoms. The van der Waals surface area contributed by atoms with Crippen molar-refractivity contribution in [3.05, 3.63) is 30.1 Å². The third-order valence-corrected chi connectivity index (χ3v) is 2.46. The van der Waals surface area contributed by atoms with Crippen LogP contribution in [0.2, 0.25) is 0 Å². The highest BCUT2D eigenvalue weighted by Gasteiger charge is 2.35. The van der Waals surface area contributed by atoms with Gasteiger partial charge < -0.3 is 5.32 Å². The quantitative estimate of drug-likeness (QED) is 0.814. The highest BCUT2D eigenvalue weighted by atomic mass is 19.3. The standard InChI is InChI=1S/C11H16F2N2/c1-3-6-15-11(2,10(12)13)9-4-7-14-8-5-9/h4-5,7-8,10,15H,3,6H2,1-2H3. The number of aromatic nitrogens is 1. The van der Waals surface area contributed by atoms with Gasteiger partial charge in [-0.3, -0.25) is 4.98 Å². The Morgan fingerprint density at radius 2 is 2.00 bits per heavy atom. The molecule has 0 aliphatic rings. The molecule has 0 saturated heterocycles. The summed E-state index contributed by atoms with van der Waals surface area (Å²) in [5, 5.41) is 2.88. The van der Waals surface area contributed by atoms with E-state index in [0.29, 0.717) is 12.1 Å². The summed E-state index contributed by atoms with van der Waals surface area (Å²) >= 11 is 0. The Bertz CT molecular complexity index is 290. The Morgan fingerprint density at radius 1 is 1.40 bits per heavy atom. The molecular weight excluding hydrogens is 198 g/mol. The van der Waals surface area contributed by atoms with Gasteiger partial charge in [0.2, 0.25) is 0 Å². The number of hydrogen-bond donors (Lipinski definition) is 1. The molecule has 1 unspecified atom stereocenters. The third kappa shape index (κ3) is 2.72. The van der Waals surface area contributed by atoms with Crippen molar-refractivity contribution < 1.29 is 8.78 Å². The lowest BCUT2D eigenvalue weighted by molar-refractivity contribution is 0.0384. The first-order valence-corrected chi connectivity index (χ1v) is 5.05. The minimum Gasteiger partial charge on any atom is -0.303 e. The fraction of sp³-hybridized carbons (Fsp3) is 0.545. The van der Waals surface area contributed by atoms with Crippen molar-refractivity contribution in [3.8, 4) is 0 Å². The molecule has 1 atom stereocenters. The van der Waals surface area contributed by atoms with Crippen molar-refractivity contribution in [1.82, 2.24) is 10.3 Å². The third-order valence-electron chi connectivity index (χ3n) is 2.46. The molecule has 0 spiro atoms. The first-order chi connectivity index (χ1) is 7.11. The average Bonchev–Trinajstić information content (AvgIpc) is 2.27. The molecule has 1 rings (SSSR count). The van der Waals surface area contributed by atoms with Crippen LogP contribution in [0.15, 0.2) is 24.5 Å². The van der Waals surface area contributed by atoms with E-state index in [2.05, 4.69) is 10.3 Å². The molecule has 0 saturated carbocycles. The second kappa shape index (κ2) is 5.16. The second-order valence-corrected chi connectivity index (χ2v) is 3.67. The molecule has 1 N–H and O–H groups in total. The molecule has 0 amide bonds. The van der Waals surface area contributed by atoms with Crippen molar-refractivity contribution in [2.45, 2.75) is 32.2 Å². The number of pyridine rings is 1. The van der Waals surface area contributed by atoms with E-state index in [-0.39, 0.29) is 0 Å². The predicted octanol–water partition coefficient (Wildman–Crippen LogP) is 2.56. The minimum atomic E-state index is -2.44. The normalized spacial score (nSPS) is 15.3. The summed E-state index contributed by atoms with van der Waals surface area (Å²) in [6, 6.07) is 3.24. The van der Waals surface area contributed by atoms with Crippen LogP contribution in [-0.2, 0) is 5.54 Å². The van der Waals surface area contributed by atoms with Gasteiger partial charge in [-0.15, -0.1) is 0 Å². The highest BCUT2D eigenvalue weighted by molar-refractivity contribution is 5.21. The minimum absolute atomic E-state index is 0.570. The molecule has 0 aliphatic heterocycles. The summed E-state index contributed by atoms with van der Waals surface area (Å²) in [5.74, 6) is 0. The fourth-order valence-electron chi connectivity index (χ4n) is 1.39. The van der Waals surface area contributed by atoms with Crippen LogP contribution in [0.4, 0.5) is 8.78 Å². The van der Waals surface area contributed by atoms with E-state index in [1.165, 1.54) is 19.3 Å². The number of nitrogens with one attached hydrogen (secondary N) is 1. The summed E-state index contributed by atoms with van der Waals surface area (Å²) in [6.07, 6.45) is 1.45. The van der Waals surface area contributed by atoms with Gasteiger partial charge in [0.05, 0.1) is 0 Å². The van der Waals surface area contributed by atoms with Gasteiger partial charge in [0.25, 0.3) is 6.43 Å². The second-order valence-electron chi connectivity index (χ2n) is 3.67. The predicted molar refractivity (Wildman–Crippen MR) is 55.9 cm³/mol. The lowest BCUT2D eigenvalue weighted by Crippen LogP contribution is -2.46. The lowest BCUT2D eigenvalue weighted by Gasteiger charge is -2.30. The topological polar surface area (TPSA) is 24.9 Å². The molecule has 4 heteroatoms. The maximum atomic E-state index is 13.0. The molecule has 2 nitrogen and oxygen atoms in total. The van der Waals surface area contributed by atoms with Gasteiger partial charge in [0.1, 0.15) is 5.54 Å². The smallest absolute Gasteiger partial charge is 0.260 e. The first-order valence-electron chi connectivity index (χ1n) is 5.05. The largest absolute Gasteiger partial charge is 0.303 e. The average molecular weight is 214 g/mol. The van der Waals surface area contributed by atoms with Crippen LogP contribution < -0.4 is 5.32 Å². The number of alkyl halides is 2. The Balaban J connectivity index is 2.91. The maximum absolute atomic E-state index is 13.0. The highest BCUT2D eigenvalue weighted by Crippen LogP contribution is 2.27. The summed E-state index contributed by atoms with van der Waals surface area (Å²) in [7, 11) is 0. The van der Waals surface area contributed by atoms with Crippen molar-refractivity contribution in [2.75, 3.05) is 6.54 Å². The Labute approximate surface area is 88.7 Å². The SMILES string of the molecule is CCCNC(C)(c1ccncc1)C(F)F. The Morgan fingerprint density at radius 3 is 2.47 bits per heavy atom. The van der Waals surface area contributed by atoms with Crippen LogP contribution in [0.3, 0.4) is 0 Å². The molecule has 1 aromatic rings. The number of rotatable bonds is 5. The van der Waals surface area contributed by atoms with Gasteiger partial charge in [0.15, 0.2) is 0 Å². The maximum Gasteiger partial charge on any atom is 0.260 e. The van der Waals surface area contributed by atoms with Gasteiger partial charge in [0, 0.05) is 12.4 Å². The van der Waals surface area contributed by atoms with Gasteiger partial charge in [-0.25, -0.2) is 8.78 Å². The number of nitrogens with zero attached hydrogens (tertiary/aromatic N) is 1. The molecule has 1 aromatic heterocycles. The van der Waals surface area contributed by atoms with Crippen LogP contribution in [0.1, 0.15) is 25.8 Å². The van der Waals surface area contributed by atoms with E-state index in [1.807, 2.05) is 6.92 Å². The first kappa shape index (κ1) is 12.0. The summed E-state index contributed by atoms with van der Waals surface area (Å²) < 4.78 is 26.0. The monoisotopic (exact) mass is 214 g/mol. The molecule has 15 heavy (non-hydrogen) atoms. The van der Waals surface area contributed by atoms with Crippen LogP contribution in [0.5, 0.6) is 0 Å². The van der Waals surface area contributed by atoms with E-state index >= 15 is 0 Å². The van der Waals surface area contributed by atoms with Gasteiger partial charge in [-0.05, 0) is 37.6 Å². The zero-order valence-electron chi connectivity index (χ0n) is 9.00. The fourth-order valence-corrected chi connectivity index (χ4v) is 1.39. The Kier molecular flexibility index (Phi) is 4.15. The summed E-state index contributed by atoms with van der Waals surface area (Å²) in [4.78, 5) is 3.83. The number of halogens is 2. The van der Waals surface area contributed by atoms with E-state index in [4.69, 9.17) is 0 Å². The molecule has 1 heterocycles. The zero-order chi connectivity index (χ0) is 11.3. The molecule has 0 aromatic carbocycles. The van der Waals surface area contributed by atoms with Crippen molar-refractivity contribution in [3.63, 3.8) is 0 Å². The molecule has 0 fully saturated rings. The van der Waals surface area contributed by atoms with Crippen molar-refractivity contribution in [1.29, 1.82) is 0 Å².